The molecule has 0 atom stereocenters. The third kappa shape index (κ3) is 4.34. The molecule has 19 heavy (non-hydrogen) atoms. The average molecular weight is 404 g/mol. The number of carbonyl (C=O) groups is 1. The molecule has 2 aromatic carbocycles. The van der Waals surface area contributed by atoms with Gasteiger partial charge in [-0.3, -0.25) is 4.79 Å². The molecule has 0 aliphatic carbocycles. The molecule has 0 saturated carbocycles. The summed E-state index contributed by atoms with van der Waals surface area (Å²) < 4.78 is 1.78. The molecule has 0 bridgehead atoms. The van der Waals surface area contributed by atoms with E-state index in [4.69, 9.17) is 11.6 Å². The van der Waals surface area contributed by atoms with E-state index in [2.05, 4.69) is 37.2 Å². The summed E-state index contributed by atoms with van der Waals surface area (Å²) in [6.07, 6.45) is 0. The minimum atomic E-state index is -0.150. The molecular weight excluding hydrogens is 393 g/mol. The average Bonchev–Trinajstić information content (AvgIpc) is 2.35. The number of nitrogens with one attached hydrogen (secondary N) is 1. The SMILES string of the molecule is O=C(NCc1cccc(Br)c1)c1cc(Cl)cc(Br)c1. The summed E-state index contributed by atoms with van der Waals surface area (Å²) in [5.41, 5.74) is 1.57. The molecule has 0 aliphatic rings. The van der Waals surface area contributed by atoms with Crippen LogP contribution in [0.15, 0.2) is 51.4 Å². The van der Waals surface area contributed by atoms with Crippen molar-refractivity contribution in [2.24, 2.45) is 0 Å². The maximum absolute atomic E-state index is 12.0. The number of amides is 1. The molecule has 0 spiro atoms. The van der Waals surface area contributed by atoms with Crippen LogP contribution in [0.25, 0.3) is 0 Å². The van der Waals surface area contributed by atoms with Crippen molar-refractivity contribution in [2.45, 2.75) is 6.54 Å². The number of halogens is 3. The summed E-state index contributed by atoms with van der Waals surface area (Å²) in [6, 6.07) is 12.9. The van der Waals surface area contributed by atoms with Crippen LogP contribution in [0.2, 0.25) is 5.02 Å². The lowest BCUT2D eigenvalue weighted by molar-refractivity contribution is 0.0951. The Morgan fingerprint density at radius 3 is 2.58 bits per heavy atom. The second kappa shape index (κ2) is 6.55. The van der Waals surface area contributed by atoms with Gasteiger partial charge in [-0.15, -0.1) is 0 Å². The summed E-state index contributed by atoms with van der Waals surface area (Å²) in [6.45, 7) is 0.475. The van der Waals surface area contributed by atoms with Crippen LogP contribution in [0.1, 0.15) is 15.9 Å². The van der Waals surface area contributed by atoms with Crippen molar-refractivity contribution in [3.63, 3.8) is 0 Å². The predicted molar refractivity (Wildman–Crippen MR) is 84.5 cm³/mol. The van der Waals surface area contributed by atoms with E-state index in [9.17, 15) is 4.79 Å². The molecule has 0 aliphatic heterocycles. The van der Waals surface area contributed by atoms with E-state index < -0.39 is 0 Å². The molecule has 2 nitrogen and oxygen atoms in total. The first-order chi connectivity index (χ1) is 9.04. The largest absolute Gasteiger partial charge is 0.348 e. The molecule has 1 amide bonds. The second-order valence-electron chi connectivity index (χ2n) is 3.97. The monoisotopic (exact) mass is 401 g/mol. The molecule has 1 N–H and O–H groups in total. The topological polar surface area (TPSA) is 29.1 Å². The van der Waals surface area contributed by atoms with Gasteiger partial charge in [-0.1, -0.05) is 55.6 Å². The van der Waals surface area contributed by atoms with Crippen molar-refractivity contribution in [1.82, 2.24) is 5.32 Å². The molecule has 0 unspecified atom stereocenters. The van der Waals surface area contributed by atoms with Gasteiger partial charge in [0.1, 0.15) is 0 Å². The van der Waals surface area contributed by atoms with Gasteiger partial charge in [0.25, 0.3) is 5.91 Å². The van der Waals surface area contributed by atoms with Crippen molar-refractivity contribution >= 4 is 49.4 Å². The van der Waals surface area contributed by atoms with Crippen LogP contribution in [0.3, 0.4) is 0 Å². The first-order valence-corrected chi connectivity index (χ1v) is 7.50. The van der Waals surface area contributed by atoms with E-state index in [0.717, 1.165) is 14.5 Å². The van der Waals surface area contributed by atoms with Crippen molar-refractivity contribution in [3.8, 4) is 0 Å². The molecule has 0 saturated heterocycles. The van der Waals surface area contributed by atoms with Crippen LogP contribution in [0, 0.1) is 0 Å². The minimum absolute atomic E-state index is 0.150. The molecule has 0 fully saturated rings. The normalized spacial score (nSPS) is 10.3. The zero-order valence-corrected chi connectivity index (χ0v) is 13.7. The lowest BCUT2D eigenvalue weighted by atomic mass is 10.2. The van der Waals surface area contributed by atoms with Gasteiger partial charge in [0, 0.05) is 26.1 Å². The Bertz CT molecular complexity index is 596. The van der Waals surface area contributed by atoms with Crippen molar-refractivity contribution in [2.75, 3.05) is 0 Å². The van der Waals surface area contributed by atoms with E-state index >= 15 is 0 Å². The maximum Gasteiger partial charge on any atom is 0.251 e. The molecule has 0 radical (unpaired) electrons. The van der Waals surface area contributed by atoms with Crippen LogP contribution in [0.5, 0.6) is 0 Å². The number of benzene rings is 2. The standard InChI is InChI=1S/C14H10Br2ClNO/c15-11-3-1-2-9(4-11)8-18-14(19)10-5-12(16)7-13(17)6-10/h1-7H,8H2,(H,18,19). The Labute approximate surface area is 133 Å². The van der Waals surface area contributed by atoms with E-state index in [1.807, 2.05) is 24.3 Å². The zero-order valence-electron chi connectivity index (χ0n) is 9.79. The zero-order chi connectivity index (χ0) is 13.8. The molecular formula is C14H10Br2ClNO. The molecule has 2 aromatic rings. The Morgan fingerprint density at radius 1 is 1.11 bits per heavy atom. The molecule has 0 heterocycles. The fraction of sp³-hybridized carbons (Fsp3) is 0.0714. The van der Waals surface area contributed by atoms with Gasteiger partial charge in [0.05, 0.1) is 0 Å². The lowest BCUT2D eigenvalue weighted by Gasteiger charge is -2.07. The summed E-state index contributed by atoms with van der Waals surface area (Å²) in [7, 11) is 0. The van der Waals surface area contributed by atoms with Crippen molar-refractivity contribution < 1.29 is 4.79 Å². The van der Waals surface area contributed by atoms with Crippen molar-refractivity contribution in [1.29, 1.82) is 0 Å². The van der Waals surface area contributed by atoms with Crippen LogP contribution >= 0.6 is 43.5 Å². The van der Waals surface area contributed by atoms with E-state index in [1.54, 1.807) is 18.2 Å². The van der Waals surface area contributed by atoms with Gasteiger partial charge in [0.15, 0.2) is 0 Å². The highest BCUT2D eigenvalue weighted by atomic mass is 79.9. The second-order valence-corrected chi connectivity index (χ2v) is 6.24. The molecule has 98 valence electrons. The molecule has 0 aromatic heterocycles. The number of hydrogen-bond acceptors (Lipinski definition) is 1. The molecule has 5 heteroatoms. The van der Waals surface area contributed by atoms with Gasteiger partial charge in [-0.2, -0.15) is 0 Å². The minimum Gasteiger partial charge on any atom is -0.348 e. The molecule has 2 rings (SSSR count). The summed E-state index contributed by atoms with van der Waals surface area (Å²) in [5, 5.41) is 3.39. The summed E-state index contributed by atoms with van der Waals surface area (Å²) in [5.74, 6) is -0.150. The van der Waals surface area contributed by atoms with Gasteiger partial charge in [-0.25, -0.2) is 0 Å². The number of hydrogen-bond donors (Lipinski definition) is 1. The quantitative estimate of drug-likeness (QED) is 0.784. The highest BCUT2D eigenvalue weighted by molar-refractivity contribution is 9.10. The van der Waals surface area contributed by atoms with E-state index in [0.29, 0.717) is 17.1 Å². The lowest BCUT2D eigenvalue weighted by Crippen LogP contribution is -2.22. The number of carbonyl (C=O) groups excluding carboxylic acids is 1. The van der Waals surface area contributed by atoms with Crippen LogP contribution in [0.4, 0.5) is 0 Å². The highest BCUT2D eigenvalue weighted by Gasteiger charge is 2.07. The predicted octanol–water partition coefficient (Wildman–Crippen LogP) is 4.80. The van der Waals surface area contributed by atoms with E-state index in [1.165, 1.54) is 0 Å². The van der Waals surface area contributed by atoms with Crippen LogP contribution in [-0.4, -0.2) is 5.91 Å². The van der Waals surface area contributed by atoms with Gasteiger partial charge >= 0.3 is 0 Å². The van der Waals surface area contributed by atoms with E-state index in [-0.39, 0.29) is 5.91 Å². The van der Waals surface area contributed by atoms with Crippen molar-refractivity contribution in [3.05, 3.63) is 67.6 Å². The Morgan fingerprint density at radius 2 is 1.89 bits per heavy atom. The van der Waals surface area contributed by atoms with Gasteiger partial charge < -0.3 is 5.32 Å². The first kappa shape index (κ1) is 14.6. The Balaban J connectivity index is 2.05. The first-order valence-electron chi connectivity index (χ1n) is 5.53. The number of rotatable bonds is 3. The third-order valence-electron chi connectivity index (χ3n) is 2.47. The summed E-state index contributed by atoms with van der Waals surface area (Å²) >= 11 is 12.6. The van der Waals surface area contributed by atoms with Gasteiger partial charge in [0.2, 0.25) is 0 Å². The van der Waals surface area contributed by atoms with Gasteiger partial charge in [-0.05, 0) is 35.9 Å². The fourth-order valence-electron chi connectivity index (χ4n) is 1.62. The highest BCUT2D eigenvalue weighted by Crippen LogP contribution is 2.19. The third-order valence-corrected chi connectivity index (χ3v) is 3.64. The Kier molecular flexibility index (Phi) is 5.02. The van der Waals surface area contributed by atoms with Crippen LogP contribution < -0.4 is 5.32 Å². The maximum atomic E-state index is 12.0. The summed E-state index contributed by atoms with van der Waals surface area (Å²) in [4.78, 5) is 12.0. The fourth-order valence-corrected chi connectivity index (χ4v) is 2.92. The Hall–Kier alpha value is -0.840. The van der Waals surface area contributed by atoms with Crippen LogP contribution in [-0.2, 0) is 6.54 Å². The smallest absolute Gasteiger partial charge is 0.251 e.